The molecule has 1 aliphatic carbocycles. The monoisotopic (exact) mass is 522 g/mol. The third-order valence-electron chi connectivity index (χ3n) is 7.05. The molecule has 1 saturated carbocycles. The van der Waals surface area contributed by atoms with Gasteiger partial charge in [-0.15, -0.1) is 0 Å². The lowest BCUT2D eigenvalue weighted by atomic mass is 9.80. The molecular formula is C29H28F6O2. The van der Waals surface area contributed by atoms with Crippen LogP contribution in [0.5, 0.6) is 11.5 Å². The lowest BCUT2D eigenvalue weighted by Gasteiger charge is -2.33. The molecule has 0 radical (unpaired) electrons. The van der Waals surface area contributed by atoms with E-state index < -0.39 is 41.0 Å². The van der Waals surface area contributed by atoms with Crippen LogP contribution in [0.1, 0.15) is 46.0 Å². The number of rotatable bonds is 8. The van der Waals surface area contributed by atoms with Crippen LogP contribution in [0.15, 0.2) is 48.5 Å². The maximum Gasteiger partial charge on any atom is 0.400 e. The first-order valence-corrected chi connectivity index (χ1v) is 12.4. The smallest absolute Gasteiger partial charge is 0.400 e. The molecule has 0 unspecified atom stereocenters. The Morgan fingerprint density at radius 2 is 1.16 bits per heavy atom. The molecule has 0 spiro atoms. The Labute approximate surface area is 212 Å². The topological polar surface area (TPSA) is 18.5 Å². The first-order chi connectivity index (χ1) is 17.7. The van der Waals surface area contributed by atoms with Crippen molar-refractivity contribution in [3.63, 3.8) is 0 Å². The van der Waals surface area contributed by atoms with Gasteiger partial charge in [0.05, 0.1) is 12.5 Å². The van der Waals surface area contributed by atoms with Gasteiger partial charge >= 0.3 is 6.11 Å². The van der Waals surface area contributed by atoms with Crippen LogP contribution >= 0.6 is 0 Å². The second kappa shape index (κ2) is 11.1. The van der Waals surface area contributed by atoms with Crippen molar-refractivity contribution in [3.05, 3.63) is 71.8 Å². The molecule has 37 heavy (non-hydrogen) atoms. The molecule has 4 rings (SSSR count). The normalized spacial score (nSPS) is 18.1. The molecule has 0 heterocycles. The lowest BCUT2D eigenvalue weighted by molar-refractivity contribution is -0.224. The Hall–Kier alpha value is -3.16. The summed E-state index contributed by atoms with van der Waals surface area (Å²) in [5.74, 6) is -6.79. The number of benzene rings is 3. The summed E-state index contributed by atoms with van der Waals surface area (Å²) >= 11 is 0. The van der Waals surface area contributed by atoms with Crippen molar-refractivity contribution in [1.29, 1.82) is 0 Å². The van der Waals surface area contributed by atoms with E-state index in [1.807, 2.05) is 6.92 Å². The third kappa shape index (κ3) is 5.58. The van der Waals surface area contributed by atoms with Gasteiger partial charge in [-0.25, -0.2) is 8.78 Å². The van der Waals surface area contributed by atoms with Crippen LogP contribution in [0.2, 0.25) is 0 Å². The van der Waals surface area contributed by atoms with Gasteiger partial charge in [-0.05, 0) is 73.9 Å². The predicted molar refractivity (Wildman–Crippen MR) is 130 cm³/mol. The van der Waals surface area contributed by atoms with Crippen molar-refractivity contribution in [1.82, 2.24) is 0 Å². The SMILES string of the molecule is CCOc1ccc(-c2ccc(-c3ccc(OC(F)(F)C4CCC(CC)CC4)c(F)c3F)cc2)c(F)c1F. The van der Waals surface area contributed by atoms with Gasteiger partial charge in [-0.3, -0.25) is 0 Å². The fourth-order valence-electron chi connectivity index (χ4n) is 4.82. The molecule has 0 N–H and O–H groups in total. The summed E-state index contributed by atoms with van der Waals surface area (Å²) in [7, 11) is 0. The van der Waals surface area contributed by atoms with Crippen molar-refractivity contribution >= 4 is 0 Å². The zero-order valence-corrected chi connectivity index (χ0v) is 20.6. The minimum Gasteiger partial charge on any atom is -0.491 e. The molecule has 3 aromatic rings. The zero-order chi connectivity index (χ0) is 26.7. The van der Waals surface area contributed by atoms with Crippen LogP contribution in [0.25, 0.3) is 22.3 Å². The van der Waals surface area contributed by atoms with Gasteiger partial charge < -0.3 is 9.47 Å². The molecule has 8 heteroatoms. The molecule has 0 bridgehead atoms. The van der Waals surface area contributed by atoms with Crippen LogP contribution < -0.4 is 9.47 Å². The minimum atomic E-state index is -3.62. The first-order valence-electron chi connectivity index (χ1n) is 12.4. The van der Waals surface area contributed by atoms with Crippen LogP contribution in [-0.2, 0) is 0 Å². The van der Waals surface area contributed by atoms with Crippen LogP contribution in [0.3, 0.4) is 0 Å². The average molecular weight is 523 g/mol. The molecule has 0 atom stereocenters. The van der Waals surface area contributed by atoms with Crippen molar-refractivity contribution in [2.24, 2.45) is 11.8 Å². The maximum atomic E-state index is 14.9. The van der Waals surface area contributed by atoms with Crippen LogP contribution in [-0.4, -0.2) is 12.7 Å². The van der Waals surface area contributed by atoms with Gasteiger partial charge in [0.25, 0.3) is 0 Å². The Morgan fingerprint density at radius 1 is 0.676 bits per heavy atom. The van der Waals surface area contributed by atoms with Gasteiger partial charge in [0.1, 0.15) is 0 Å². The Kier molecular flexibility index (Phi) is 8.05. The molecule has 0 saturated heterocycles. The maximum absolute atomic E-state index is 14.9. The van der Waals surface area contributed by atoms with Gasteiger partial charge in [-0.2, -0.15) is 17.6 Å². The van der Waals surface area contributed by atoms with E-state index in [0.717, 1.165) is 18.6 Å². The fraction of sp³-hybridized carbons (Fsp3) is 0.379. The lowest BCUT2D eigenvalue weighted by Crippen LogP contribution is -2.37. The molecule has 198 valence electrons. The molecular weight excluding hydrogens is 494 g/mol. The summed E-state index contributed by atoms with van der Waals surface area (Å²) < 4.78 is 97.6. The highest BCUT2D eigenvalue weighted by atomic mass is 19.3. The van der Waals surface area contributed by atoms with E-state index in [1.54, 1.807) is 6.92 Å². The van der Waals surface area contributed by atoms with Crippen molar-refractivity contribution in [2.75, 3.05) is 6.61 Å². The van der Waals surface area contributed by atoms with E-state index in [2.05, 4.69) is 0 Å². The van der Waals surface area contributed by atoms with Gasteiger partial charge in [0.15, 0.2) is 23.1 Å². The summed E-state index contributed by atoms with van der Waals surface area (Å²) in [6, 6.07) is 10.5. The van der Waals surface area contributed by atoms with Gasteiger partial charge in [0, 0.05) is 11.1 Å². The summed E-state index contributed by atoms with van der Waals surface area (Å²) in [5.41, 5.74) is 0.323. The highest BCUT2D eigenvalue weighted by Gasteiger charge is 2.44. The standard InChI is InChI=1S/C29H28F6O2/c1-3-17-5-11-20(12-6-17)29(34,35)37-24-16-14-22(26(31)28(24)33)19-9-7-18(8-10-19)21-13-15-23(36-4-2)27(32)25(21)30/h7-10,13-17,20H,3-6,11-12H2,1-2H3. The number of hydrogen-bond donors (Lipinski definition) is 0. The molecule has 3 aromatic carbocycles. The van der Waals surface area contributed by atoms with E-state index in [9.17, 15) is 26.3 Å². The summed E-state index contributed by atoms with van der Waals surface area (Å²) in [6.45, 7) is 3.84. The highest BCUT2D eigenvalue weighted by Crippen LogP contribution is 2.42. The highest BCUT2D eigenvalue weighted by molar-refractivity contribution is 5.72. The second-order valence-corrected chi connectivity index (χ2v) is 9.28. The number of ether oxygens (including phenoxy) is 2. The summed E-state index contributed by atoms with van der Waals surface area (Å²) in [5, 5.41) is 0. The molecule has 0 aromatic heterocycles. The van der Waals surface area contributed by atoms with Crippen molar-refractivity contribution in [2.45, 2.75) is 52.1 Å². The first kappa shape index (κ1) is 26.9. The Morgan fingerprint density at radius 3 is 1.65 bits per heavy atom. The Bertz CT molecular complexity index is 1230. The summed E-state index contributed by atoms with van der Waals surface area (Å²) in [6.07, 6.45) is -0.865. The number of hydrogen-bond acceptors (Lipinski definition) is 2. The largest absolute Gasteiger partial charge is 0.491 e. The minimum absolute atomic E-state index is 0.0295. The molecule has 2 nitrogen and oxygen atoms in total. The molecule has 1 fully saturated rings. The fourth-order valence-corrected chi connectivity index (χ4v) is 4.82. The van der Waals surface area contributed by atoms with Crippen molar-refractivity contribution in [3.8, 4) is 33.8 Å². The zero-order valence-electron chi connectivity index (χ0n) is 20.6. The number of halogens is 6. The van der Waals surface area contributed by atoms with E-state index in [-0.39, 0.29) is 41.9 Å². The van der Waals surface area contributed by atoms with Gasteiger partial charge in [0.2, 0.25) is 11.6 Å². The Balaban J connectivity index is 1.53. The van der Waals surface area contributed by atoms with Crippen LogP contribution in [0, 0.1) is 35.1 Å². The van der Waals surface area contributed by atoms with Crippen LogP contribution in [0.4, 0.5) is 26.3 Å². The van der Waals surface area contributed by atoms with Gasteiger partial charge in [-0.1, -0.05) is 37.6 Å². The summed E-state index contributed by atoms with van der Waals surface area (Å²) in [4.78, 5) is 0. The third-order valence-corrected chi connectivity index (χ3v) is 7.05. The van der Waals surface area contributed by atoms with E-state index >= 15 is 0 Å². The van der Waals surface area contributed by atoms with E-state index in [1.165, 1.54) is 36.4 Å². The molecule has 0 amide bonds. The van der Waals surface area contributed by atoms with E-state index in [4.69, 9.17) is 9.47 Å². The molecule has 1 aliphatic rings. The predicted octanol–water partition coefficient (Wildman–Crippen LogP) is 9.16. The van der Waals surface area contributed by atoms with E-state index in [0.29, 0.717) is 24.3 Å². The average Bonchev–Trinajstić information content (AvgIpc) is 2.90. The quantitative estimate of drug-likeness (QED) is 0.275. The van der Waals surface area contributed by atoms with Crippen molar-refractivity contribution < 1.29 is 35.8 Å². The molecule has 0 aliphatic heterocycles. The second-order valence-electron chi connectivity index (χ2n) is 9.28. The number of alkyl halides is 2.